The molecular formula is C8H8F3N5. The molecule has 2 aromatic rings. The van der Waals surface area contributed by atoms with Crippen LogP contribution in [-0.2, 0) is 0 Å². The molecule has 5 nitrogen and oxygen atoms in total. The second kappa shape index (κ2) is 3.32. The van der Waals surface area contributed by atoms with Gasteiger partial charge in [-0.2, -0.15) is 18.3 Å². The predicted molar refractivity (Wildman–Crippen MR) is 50.6 cm³/mol. The number of nitrogens with zero attached hydrogens (tertiary/aromatic N) is 3. The Bertz CT molecular complexity index is 518. The van der Waals surface area contributed by atoms with E-state index in [1.165, 1.54) is 0 Å². The molecule has 2 aromatic heterocycles. The zero-order chi connectivity index (χ0) is 11.9. The lowest BCUT2D eigenvalue weighted by molar-refractivity contribution is -0.146. The van der Waals surface area contributed by atoms with E-state index in [4.69, 9.17) is 5.73 Å². The minimum atomic E-state index is -4.35. The Morgan fingerprint density at radius 1 is 1.31 bits per heavy atom. The summed E-state index contributed by atoms with van der Waals surface area (Å²) in [7, 11) is 0. The maximum Gasteiger partial charge on any atom is 0.397 e. The van der Waals surface area contributed by atoms with E-state index >= 15 is 0 Å². The number of fused-ring (bicyclic) bond motifs is 1. The molecule has 86 valence electrons. The number of nitrogen functional groups attached to an aromatic ring is 1. The van der Waals surface area contributed by atoms with Gasteiger partial charge in [-0.1, -0.05) is 0 Å². The van der Waals surface area contributed by atoms with Crippen LogP contribution in [-0.4, -0.2) is 26.3 Å². The topological polar surface area (TPSA) is 80.5 Å². The van der Waals surface area contributed by atoms with Crippen molar-refractivity contribution in [2.45, 2.75) is 19.0 Å². The Labute approximate surface area is 87.9 Å². The van der Waals surface area contributed by atoms with E-state index in [9.17, 15) is 13.2 Å². The molecule has 0 aliphatic heterocycles. The van der Waals surface area contributed by atoms with Crippen molar-refractivity contribution >= 4 is 16.9 Å². The van der Waals surface area contributed by atoms with Crippen molar-refractivity contribution in [1.82, 2.24) is 20.2 Å². The monoisotopic (exact) mass is 231 g/mol. The van der Waals surface area contributed by atoms with Gasteiger partial charge in [0.25, 0.3) is 0 Å². The number of H-pyrrole nitrogens is 1. The highest BCUT2D eigenvalue weighted by molar-refractivity contribution is 5.85. The van der Waals surface area contributed by atoms with Crippen LogP contribution >= 0.6 is 0 Å². The fourth-order valence-corrected chi connectivity index (χ4v) is 1.33. The van der Waals surface area contributed by atoms with Gasteiger partial charge in [-0.05, 0) is 6.92 Å². The molecule has 2 rings (SSSR count). The fraction of sp³-hybridized carbons (Fsp3) is 0.375. The van der Waals surface area contributed by atoms with Crippen molar-refractivity contribution in [1.29, 1.82) is 0 Å². The number of nitrogens with one attached hydrogen (secondary N) is 1. The molecule has 1 unspecified atom stereocenters. The van der Waals surface area contributed by atoms with Gasteiger partial charge in [0.1, 0.15) is 11.8 Å². The highest BCUT2D eigenvalue weighted by atomic mass is 19.4. The van der Waals surface area contributed by atoms with E-state index in [-0.39, 0.29) is 22.5 Å². The summed E-state index contributed by atoms with van der Waals surface area (Å²) in [5.74, 6) is -1.62. The van der Waals surface area contributed by atoms with Gasteiger partial charge in [0.15, 0.2) is 11.3 Å². The zero-order valence-electron chi connectivity index (χ0n) is 8.21. The van der Waals surface area contributed by atoms with Crippen LogP contribution in [0.3, 0.4) is 0 Å². The highest BCUT2D eigenvalue weighted by Crippen LogP contribution is 2.36. The summed E-state index contributed by atoms with van der Waals surface area (Å²) in [5, 5.41) is 5.99. The third kappa shape index (κ3) is 1.55. The van der Waals surface area contributed by atoms with E-state index in [0.717, 1.165) is 13.3 Å². The Morgan fingerprint density at radius 2 is 2.00 bits per heavy atom. The van der Waals surface area contributed by atoms with Crippen molar-refractivity contribution in [3.05, 3.63) is 12.0 Å². The van der Waals surface area contributed by atoms with E-state index < -0.39 is 12.1 Å². The molecule has 0 aromatic carbocycles. The lowest BCUT2D eigenvalue weighted by atomic mass is 10.1. The Balaban J connectivity index is 2.59. The Morgan fingerprint density at radius 3 is 2.62 bits per heavy atom. The van der Waals surface area contributed by atoms with Crippen LogP contribution in [0, 0.1) is 0 Å². The molecular weight excluding hydrogens is 223 g/mol. The first-order valence-corrected chi connectivity index (χ1v) is 4.42. The summed E-state index contributed by atoms with van der Waals surface area (Å²) >= 11 is 0. The average molecular weight is 231 g/mol. The van der Waals surface area contributed by atoms with Crippen molar-refractivity contribution in [2.75, 3.05) is 5.73 Å². The van der Waals surface area contributed by atoms with Crippen molar-refractivity contribution < 1.29 is 13.2 Å². The van der Waals surface area contributed by atoms with E-state index in [0.29, 0.717) is 0 Å². The standard InChI is InChI=1S/C8H8F3N5/c1-3(8(9,10)11)4-5-6(16-15-4)7(12)14-2-13-5/h2-3H,1H3,(H,15,16)(H2,12,13,14). The SMILES string of the molecule is CC(c1[nH]nc2c(N)ncnc12)C(F)(F)F. The molecule has 0 radical (unpaired) electrons. The lowest BCUT2D eigenvalue weighted by Gasteiger charge is -2.13. The third-order valence-corrected chi connectivity index (χ3v) is 2.32. The van der Waals surface area contributed by atoms with Crippen LogP contribution in [0.1, 0.15) is 18.5 Å². The Kier molecular flexibility index (Phi) is 2.21. The summed E-state index contributed by atoms with van der Waals surface area (Å²) < 4.78 is 37.6. The molecule has 0 saturated carbocycles. The second-order valence-electron chi connectivity index (χ2n) is 3.36. The highest BCUT2D eigenvalue weighted by Gasteiger charge is 2.39. The van der Waals surface area contributed by atoms with Crippen LogP contribution in [0.2, 0.25) is 0 Å². The molecule has 0 bridgehead atoms. The molecule has 3 N–H and O–H groups in total. The number of aromatic nitrogens is 4. The van der Waals surface area contributed by atoms with Gasteiger partial charge in [0, 0.05) is 0 Å². The van der Waals surface area contributed by atoms with Crippen LogP contribution < -0.4 is 5.73 Å². The smallest absolute Gasteiger partial charge is 0.382 e. The first kappa shape index (κ1) is 10.7. The second-order valence-corrected chi connectivity index (χ2v) is 3.36. The van der Waals surface area contributed by atoms with Gasteiger partial charge in [0.05, 0.1) is 11.6 Å². The van der Waals surface area contributed by atoms with Crippen LogP contribution in [0.4, 0.5) is 19.0 Å². The third-order valence-electron chi connectivity index (χ3n) is 2.32. The van der Waals surface area contributed by atoms with Crippen molar-refractivity contribution in [3.8, 4) is 0 Å². The first-order chi connectivity index (χ1) is 7.41. The molecule has 1 atom stereocenters. The van der Waals surface area contributed by atoms with Gasteiger partial charge < -0.3 is 5.73 Å². The summed E-state index contributed by atoms with van der Waals surface area (Å²) in [6.07, 6.45) is -3.24. The molecule has 0 aliphatic carbocycles. The summed E-state index contributed by atoms with van der Waals surface area (Å²) in [4.78, 5) is 7.40. The molecule has 0 spiro atoms. The maximum absolute atomic E-state index is 12.5. The number of hydrogen-bond acceptors (Lipinski definition) is 4. The Hall–Kier alpha value is -1.86. The quantitative estimate of drug-likeness (QED) is 0.781. The van der Waals surface area contributed by atoms with Gasteiger partial charge in [-0.3, -0.25) is 5.10 Å². The zero-order valence-corrected chi connectivity index (χ0v) is 8.21. The molecule has 2 heterocycles. The van der Waals surface area contributed by atoms with E-state index in [2.05, 4.69) is 20.2 Å². The molecule has 0 fully saturated rings. The number of alkyl halides is 3. The van der Waals surface area contributed by atoms with Gasteiger partial charge in [-0.25, -0.2) is 9.97 Å². The number of halogens is 3. The van der Waals surface area contributed by atoms with Gasteiger partial charge in [-0.15, -0.1) is 0 Å². The number of hydrogen-bond donors (Lipinski definition) is 2. The number of rotatable bonds is 1. The molecule has 0 saturated heterocycles. The number of anilines is 1. The average Bonchev–Trinajstić information content (AvgIpc) is 2.60. The van der Waals surface area contributed by atoms with Gasteiger partial charge >= 0.3 is 6.18 Å². The number of nitrogens with two attached hydrogens (primary N) is 1. The lowest BCUT2D eigenvalue weighted by Crippen LogP contribution is -2.18. The molecule has 0 aliphatic rings. The first-order valence-electron chi connectivity index (χ1n) is 4.42. The minimum absolute atomic E-state index is 0.0573. The molecule has 8 heteroatoms. The van der Waals surface area contributed by atoms with E-state index in [1.54, 1.807) is 0 Å². The van der Waals surface area contributed by atoms with Crippen molar-refractivity contribution in [2.24, 2.45) is 0 Å². The molecule has 0 amide bonds. The van der Waals surface area contributed by atoms with Crippen LogP contribution in [0.15, 0.2) is 6.33 Å². The van der Waals surface area contributed by atoms with Crippen molar-refractivity contribution in [3.63, 3.8) is 0 Å². The number of aromatic amines is 1. The fourth-order valence-electron chi connectivity index (χ4n) is 1.33. The summed E-state index contributed by atoms with van der Waals surface area (Å²) in [5.41, 5.74) is 5.63. The predicted octanol–water partition coefficient (Wildman–Crippen LogP) is 1.60. The maximum atomic E-state index is 12.5. The summed E-state index contributed by atoms with van der Waals surface area (Å²) in [6.45, 7) is 1.03. The van der Waals surface area contributed by atoms with E-state index in [1.807, 2.05) is 0 Å². The minimum Gasteiger partial charge on any atom is -0.382 e. The van der Waals surface area contributed by atoms with Gasteiger partial charge in [0.2, 0.25) is 0 Å². The molecule has 16 heavy (non-hydrogen) atoms. The normalized spacial score (nSPS) is 14.2. The van der Waals surface area contributed by atoms with Crippen LogP contribution in [0.25, 0.3) is 11.0 Å². The van der Waals surface area contributed by atoms with Crippen LogP contribution in [0.5, 0.6) is 0 Å². The summed E-state index contributed by atoms with van der Waals surface area (Å²) in [6, 6.07) is 0. The largest absolute Gasteiger partial charge is 0.397 e.